The molecule has 0 fully saturated rings. The molecule has 21 heavy (non-hydrogen) atoms. The molecule has 0 unspecified atom stereocenters. The molecule has 106 valence electrons. The number of halogens is 1. The Morgan fingerprint density at radius 3 is 2.29 bits per heavy atom. The number of rotatable bonds is 3. The van der Waals surface area contributed by atoms with Crippen LogP contribution in [0.2, 0.25) is 0 Å². The van der Waals surface area contributed by atoms with Crippen LogP contribution in [0, 0.1) is 28.7 Å². The van der Waals surface area contributed by atoms with Crippen molar-refractivity contribution < 1.29 is 4.79 Å². The zero-order chi connectivity index (χ0) is 15.4. The second kappa shape index (κ2) is 6.59. The molecule has 0 atom stereocenters. The van der Waals surface area contributed by atoms with Crippen molar-refractivity contribution in [2.75, 3.05) is 5.43 Å². The van der Waals surface area contributed by atoms with E-state index in [4.69, 9.17) is 0 Å². The molecule has 0 aliphatic carbocycles. The quantitative estimate of drug-likeness (QED) is 0.496. The number of nitrogens with one attached hydrogen (secondary N) is 1. The number of hydrogen-bond donors (Lipinski definition) is 1. The fourth-order valence-corrected chi connectivity index (χ4v) is 2.24. The highest BCUT2D eigenvalue weighted by Crippen LogP contribution is 2.11. The van der Waals surface area contributed by atoms with Gasteiger partial charge in [0.2, 0.25) is 0 Å². The topological polar surface area (TPSA) is 57.8 Å². The van der Waals surface area contributed by atoms with Gasteiger partial charge in [-0.3, -0.25) is 14.9 Å². The van der Waals surface area contributed by atoms with Crippen LogP contribution in [0.1, 0.15) is 17.0 Å². The van der Waals surface area contributed by atoms with E-state index in [1.165, 1.54) is 0 Å². The van der Waals surface area contributed by atoms with Crippen molar-refractivity contribution in [1.82, 2.24) is 4.68 Å². The second-order valence-corrected chi connectivity index (χ2v) is 5.86. The van der Waals surface area contributed by atoms with Crippen molar-refractivity contribution in [2.24, 2.45) is 0 Å². The summed E-state index contributed by atoms with van der Waals surface area (Å²) in [4.78, 5) is 12.2. The molecular formula is C16H14IN3O. The number of benzene rings is 1. The van der Waals surface area contributed by atoms with Gasteiger partial charge in [0.25, 0.3) is 5.91 Å². The van der Waals surface area contributed by atoms with E-state index >= 15 is 0 Å². The third-order valence-electron chi connectivity index (χ3n) is 3.03. The first kappa shape index (κ1) is 15.3. The lowest BCUT2D eigenvalue weighted by Crippen LogP contribution is -2.25. The van der Waals surface area contributed by atoms with Gasteiger partial charge in [-0.05, 0) is 72.3 Å². The number of nitriles is 1. The normalized spacial score (nSPS) is 11.0. The maximum Gasteiger partial charge on any atom is 0.280 e. The molecule has 0 bridgehead atoms. The van der Waals surface area contributed by atoms with E-state index < -0.39 is 5.91 Å². The maximum absolute atomic E-state index is 12.2. The SMILES string of the molecule is Cc1ccc(C)n1NC(=O)/C(C#N)=C\c1ccc(I)cc1. The van der Waals surface area contributed by atoms with Gasteiger partial charge in [0.05, 0.1) is 0 Å². The second-order valence-electron chi connectivity index (χ2n) is 4.61. The highest BCUT2D eigenvalue weighted by molar-refractivity contribution is 14.1. The molecule has 2 rings (SSSR count). The van der Waals surface area contributed by atoms with Crippen molar-refractivity contribution in [2.45, 2.75) is 13.8 Å². The smallest absolute Gasteiger partial charge is 0.267 e. The van der Waals surface area contributed by atoms with E-state index in [1.807, 2.05) is 56.3 Å². The molecule has 0 saturated carbocycles. The van der Waals surface area contributed by atoms with E-state index in [0.717, 1.165) is 20.5 Å². The Bertz CT molecular complexity index is 716. The van der Waals surface area contributed by atoms with Gasteiger partial charge in [0, 0.05) is 15.0 Å². The van der Waals surface area contributed by atoms with Crippen LogP contribution in [0.25, 0.3) is 6.08 Å². The van der Waals surface area contributed by atoms with Gasteiger partial charge in [-0.25, -0.2) is 0 Å². The largest absolute Gasteiger partial charge is 0.280 e. The summed E-state index contributed by atoms with van der Waals surface area (Å²) >= 11 is 2.21. The molecule has 0 aliphatic heterocycles. The molecule has 1 amide bonds. The predicted octanol–water partition coefficient (Wildman–Crippen LogP) is 3.39. The molecule has 1 aromatic carbocycles. The van der Waals surface area contributed by atoms with Crippen LogP contribution in [0.5, 0.6) is 0 Å². The van der Waals surface area contributed by atoms with Gasteiger partial charge in [0.15, 0.2) is 0 Å². The molecule has 5 heteroatoms. The number of aryl methyl sites for hydroxylation is 2. The van der Waals surface area contributed by atoms with Crippen molar-refractivity contribution in [3.05, 3.63) is 62.5 Å². The van der Waals surface area contributed by atoms with E-state index in [1.54, 1.807) is 10.8 Å². The molecule has 0 aliphatic rings. The first-order valence-electron chi connectivity index (χ1n) is 6.35. The zero-order valence-corrected chi connectivity index (χ0v) is 13.9. The molecule has 1 aromatic heterocycles. The standard InChI is InChI=1S/C16H14IN3O/c1-11-3-4-12(2)20(11)19-16(21)14(10-18)9-13-5-7-15(17)8-6-13/h3-9H,1-2H3,(H,19,21)/b14-9-. The Balaban J connectivity index is 2.23. The van der Waals surface area contributed by atoms with Gasteiger partial charge in [-0.15, -0.1) is 0 Å². The number of nitrogens with zero attached hydrogens (tertiary/aromatic N) is 2. The molecule has 1 heterocycles. The summed E-state index contributed by atoms with van der Waals surface area (Å²) in [6.45, 7) is 3.78. The monoisotopic (exact) mass is 391 g/mol. The van der Waals surface area contributed by atoms with Gasteiger partial charge in [-0.2, -0.15) is 5.26 Å². The van der Waals surface area contributed by atoms with Gasteiger partial charge in [0.1, 0.15) is 11.6 Å². The van der Waals surface area contributed by atoms with Crippen LogP contribution in [-0.4, -0.2) is 10.6 Å². The molecule has 0 spiro atoms. The minimum absolute atomic E-state index is 0.0729. The molecule has 2 aromatic rings. The van der Waals surface area contributed by atoms with Gasteiger partial charge in [-0.1, -0.05) is 12.1 Å². The molecule has 4 nitrogen and oxygen atoms in total. The van der Waals surface area contributed by atoms with Crippen LogP contribution in [0.3, 0.4) is 0 Å². The predicted molar refractivity (Wildman–Crippen MR) is 91.0 cm³/mol. The summed E-state index contributed by atoms with van der Waals surface area (Å²) in [5.74, 6) is -0.418. The van der Waals surface area contributed by atoms with E-state index in [9.17, 15) is 10.1 Å². The van der Waals surface area contributed by atoms with Crippen molar-refractivity contribution in [3.8, 4) is 6.07 Å². The van der Waals surface area contributed by atoms with Crippen molar-refractivity contribution in [3.63, 3.8) is 0 Å². The van der Waals surface area contributed by atoms with E-state index in [0.29, 0.717) is 0 Å². The minimum atomic E-state index is -0.418. The summed E-state index contributed by atoms with van der Waals surface area (Å²) in [7, 11) is 0. The number of carbonyl (C=O) groups is 1. The van der Waals surface area contributed by atoms with Gasteiger partial charge < -0.3 is 0 Å². The van der Waals surface area contributed by atoms with Crippen LogP contribution in [0.4, 0.5) is 0 Å². The lowest BCUT2D eigenvalue weighted by Gasteiger charge is -2.10. The van der Waals surface area contributed by atoms with E-state index in [2.05, 4.69) is 28.0 Å². The Kier molecular flexibility index (Phi) is 4.81. The van der Waals surface area contributed by atoms with E-state index in [-0.39, 0.29) is 5.57 Å². The summed E-state index contributed by atoms with van der Waals surface area (Å²) in [5.41, 5.74) is 5.44. The molecular weight excluding hydrogens is 377 g/mol. The highest BCUT2D eigenvalue weighted by Gasteiger charge is 2.11. The third kappa shape index (κ3) is 3.73. The maximum atomic E-state index is 12.2. The molecule has 0 saturated heterocycles. The summed E-state index contributed by atoms with van der Waals surface area (Å²) in [6, 6.07) is 13.4. The first-order valence-corrected chi connectivity index (χ1v) is 7.43. The molecule has 1 N–H and O–H groups in total. The lowest BCUT2D eigenvalue weighted by atomic mass is 10.1. The van der Waals surface area contributed by atoms with Gasteiger partial charge >= 0.3 is 0 Å². The first-order chi connectivity index (χ1) is 10.0. The Labute approximate surface area is 137 Å². The van der Waals surface area contributed by atoms with Crippen molar-refractivity contribution in [1.29, 1.82) is 5.26 Å². The van der Waals surface area contributed by atoms with Crippen molar-refractivity contribution >= 4 is 34.6 Å². The summed E-state index contributed by atoms with van der Waals surface area (Å²) in [6.07, 6.45) is 1.58. The number of carbonyl (C=O) groups excluding carboxylic acids is 1. The number of amides is 1. The summed E-state index contributed by atoms with van der Waals surface area (Å²) < 4.78 is 2.77. The highest BCUT2D eigenvalue weighted by atomic mass is 127. The number of hydrogen-bond acceptors (Lipinski definition) is 2. The third-order valence-corrected chi connectivity index (χ3v) is 3.75. The number of aromatic nitrogens is 1. The van der Waals surface area contributed by atoms with Crippen LogP contribution >= 0.6 is 22.6 Å². The average molecular weight is 391 g/mol. The fourth-order valence-electron chi connectivity index (χ4n) is 1.88. The Morgan fingerprint density at radius 2 is 1.76 bits per heavy atom. The van der Waals surface area contributed by atoms with Crippen LogP contribution in [-0.2, 0) is 4.79 Å². The lowest BCUT2D eigenvalue weighted by molar-refractivity contribution is -0.113. The van der Waals surface area contributed by atoms with Crippen LogP contribution < -0.4 is 5.43 Å². The zero-order valence-electron chi connectivity index (χ0n) is 11.7. The molecule has 0 radical (unpaired) electrons. The minimum Gasteiger partial charge on any atom is -0.267 e. The summed E-state index contributed by atoms with van der Waals surface area (Å²) in [5, 5.41) is 9.19. The Morgan fingerprint density at radius 1 is 1.19 bits per heavy atom. The van der Waals surface area contributed by atoms with Crippen LogP contribution in [0.15, 0.2) is 42.0 Å². The fraction of sp³-hybridized carbons (Fsp3) is 0.125. The average Bonchev–Trinajstić information content (AvgIpc) is 2.78. The Hall–Kier alpha value is -2.07.